The summed E-state index contributed by atoms with van der Waals surface area (Å²) in [6.45, 7) is 0.429. The fourth-order valence-corrected chi connectivity index (χ4v) is 1.59. The van der Waals surface area contributed by atoms with Gasteiger partial charge in [-0.2, -0.15) is 0 Å². The molecule has 2 nitrogen and oxygen atoms in total. The highest BCUT2D eigenvalue weighted by Gasteiger charge is 2.25. The lowest BCUT2D eigenvalue weighted by Crippen LogP contribution is -2.22. The first-order valence-electron chi connectivity index (χ1n) is 5.90. The molecule has 2 rings (SSSR count). The number of aliphatic hydroxyl groups is 1. The van der Waals surface area contributed by atoms with Gasteiger partial charge in [0.2, 0.25) is 0 Å². The Labute approximate surface area is 87.3 Å². The molecule has 0 unspecified atom stereocenters. The van der Waals surface area contributed by atoms with Gasteiger partial charge in [-0.15, -0.1) is 0 Å². The third-order valence-electron chi connectivity index (χ3n) is 2.44. The van der Waals surface area contributed by atoms with Crippen molar-refractivity contribution in [1.29, 1.82) is 0 Å². The second-order valence-corrected chi connectivity index (χ2v) is 3.56. The van der Waals surface area contributed by atoms with Crippen LogP contribution in [0.1, 0.15) is 27.5 Å². The molecule has 1 aromatic carbocycles. The summed E-state index contributed by atoms with van der Waals surface area (Å²) in [4.78, 5) is 0. The Balaban J connectivity index is 1.87. The van der Waals surface area contributed by atoms with Crippen LogP contribution in [0.2, 0.25) is 0 Å². The van der Waals surface area contributed by atoms with Gasteiger partial charge in [0, 0.05) is 2.74 Å². The van der Waals surface area contributed by atoms with Crippen molar-refractivity contribution >= 4 is 0 Å². The van der Waals surface area contributed by atoms with Gasteiger partial charge in [-0.25, -0.2) is 0 Å². The van der Waals surface area contributed by atoms with E-state index in [1.807, 2.05) is 30.3 Å². The maximum atomic E-state index is 9.64. The predicted octanol–water partition coefficient (Wildman–Crippen LogP) is 2.12. The molecule has 1 saturated carbocycles. The topological polar surface area (TPSA) is 29.5 Å². The Morgan fingerprint density at radius 1 is 1.36 bits per heavy atom. The highest BCUT2D eigenvalue weighted by Crippen LogP contribution is 2.22. The minimum Gasteiger partial charge on any atom is -0.390 e. The highest BCUT2D eigenvalue weighted by molar-refractivity contribution is 5.13. The second-order valence-electron chi connectivity index (χ2n) is 3.56. The summed E-state index contributed by atoms with van der Waals surface area (Å²) in [5.74, 6) is 0. The van der Waals surface area contributed by atoms with E-state index in [4.69, 9.17) is 7.48 Å². The molecule has 0 aromatic heterocycles. The average Bonchev–Trinajstić information content (AvgIpc) is 2.50. The van der Waals surface area contributed by atoms with Crippen LogP contribution in [0.4, 0.5) is 0 Å². The molecule has 1 aliphatic carbocycles. The molecule has 0 bridgehead atoms. The van der Waals surface area contributed by atoms with Gasteiger partial charge in [-0.1, -0.05) is 30.3 Å². The van der Waals surface area contributed by atoms with E-state index in [0.29, 0.717) is 6.61 Å². The number of hydrogen-bond acceptors (Lipinski definition) is 2. The molecule has 1 fully saturated rings. The van der Waals surface area contributed by atoms with Crippen LogP contribution < -0.4 is 0 Å². The normalized spacial score (nSPS) is 32.4. The van der Waals surface area contributed by atoms with Gasteiger partial charge in [-0.05, 0) is 24.8 Å². The first kappa shape index (κ1) is 7.43. The van der Waals surface area contributed by atoms with Crippen LogP contribution in [0.3, 0.4) is 0 Å². The summed E-state index contributed by atoms with van der Waals surface area (Å²) in [5.41, 5.74) is 1.04. The number of ether oxygens (including phenoxy) is 1. The predicted molar refractivity (Wildman–Crippen MR) is 54.9 cm³/mol. The maximum absolute atomic E-state index is 9.64. The van der Waals surface area contributed by atoms with Gasteiger partial charge in [0.1, 0.15) is 0 Å². The summed E-state index contributed by atoms with van der Waals surface area (Å²) in [6, 6.07) is 9.71. The van der Waals surface area contributed by atoms with Crippen LogP contribution >= 0.6 is 0 Å². The molecule has 2 heteroatoms. The lowest BCUT2D eigenvalue weighted by molar-refractivity contribution is -0.0273. The summed E-state index contributed by atoms with van der Waals surface area (Å²) in [7, 11) is 0. The van der Waals surface area contributed by atoms with Crippen LogP contribution in [0.5, 0.6) is 0 Å². The molecule has 0 spiro atoms. The van der Waals surface area contributed by atoms with Gasteiger partial charge in [-0.3, -0.25) is 0 Å². The molecule has 1 aliphatic rings. The van der Waals surface area contributed by atoms with Crippen molar-refractivity contribution in [3.05, 3.63) is 35.9 Å². The van der Waals surface area contributed by atoms with Gasteiger partial charge < -0.3 is 9.84 Å². The van der Waals surface area contributed by atoms with Crippen molar-refractivity contribution in [2.75, 3.05) is 0 Å². The smallest absolute Gasteiger partial charge is 0.0838 e. The monoisotopic (exact) mass is 194 g/mol. The van der Waals surface area contributed by atoms with Crippen LogP contribution in [0, 0.1) is 0 Å². The summed E-state index contributed by atoms with van der Waals surface area (Å²) in [5, 5.41) is 9.64. The molecule has 2 atom stereocenters. The molecule has 0 saturated heterocycles. The van der Waals surface area contributed by atoms with Crippen LogP contribution in [0.15, 0.2) is 30.3 Å². The summed E-state index contributed by atoms with van der Waals surface area (Å²) in [6.07, 6.45) is -1.90. The largest absolute Gasteiger partial charge is 0.390 e. The first-order chi connectivity index (χ1) is 7.57. The second kappa shape index (κ2) is 4.58. The Kier molecular flexibility index (Phi) is 2.43. The zero-order chi connectivity index (χ0) is 11.6. The molecule has 0 aliphatic heterocycles. The molecule has 0 radical (unpaired) electrons. The van der Waals surface area contributed by atoms with Crippen molar-refractivity contribution in [1.82, 2.24) is 0 Å². The lowest BCUT2D eigenvalue weighted by atomic mass is 10.2. The van der Waals surface area contributed by atoms with Crippen molar-refractivity contribution in [2.45, 2.75) is 38.0 Å². The van der Waals surface area contributed by atoms with E-state index in [0.717, 1.165) is 5.56 Å². The van der Waals surface area contributed by atoms with E-state index in [1.165, 1.54) is 0 Å². The molecule has 1 N–H and O–H groups in total. The minimum absolute atomic E-state index is 0.173. The summed E-state index contributed by atoms with van der Waals surface area (Å²) >= 11 is 0. The van der Waals surface area contributed by atoms with E-state index in [2.05, 4.69) is 0 Å². The van der Waals surface area contributed by atoms with Gasteiger partial charge in [0.05, 0.1) is 18.8 Å². The fraction of sp³-hybridized carbons (Fsp3) is 0.500. The van der Waals surface area contributed by atoms with Gasteiger partial charge >= 0.3 is 0 Å². The Morgan fingerprint density at radius 2 is 2.14 bits per heavy atom. The standard InChI is InChI=1S/C12H16O2/c13-11-7-4-8-12(11)14-9-10-5-2-1-3-6-10/h1-3,5-6,11-13H,4,7-9H2/t11-,12+/m1/s1/i4D2. The Bertz CT molecular complexity index is 340. The van der Waals surface area contributed by atoms with Crippen molar-refractivity contribution in [3.8, 4) is 0 Å². The van der Waals surface area contributed by atoms with Gasteiger partial charge in [0.25, 0.3) is 0 Å². The average molecular weight is 194 g/mol. The van der Waals surface area contributed by atoms with E-state index in [9.17, 15) is 5.11 Å². The zero-order valence-corrected chi connectivity index (χ0v) is 8.02. The Morgan fingerprint density at radius 3 is 2.79 bits per heavy atom. The molecular formula is C12H16O2. The first-order valence-corrected chi connectivity index (χ1v) is 4.90. The Hall–Kier alpha value is -0.860. The molecule has 0 heterocycles. The van der Waals surface area contributed by atoms with Crippen molar-refractivity contribution < 1.29 is 12.6 Å². The lowest BCUT2D eigenvalue weighted by Gasteiger charge is -2.15. The maximum Gasteiger partial charge on any atom is 0.0838 e. The van der Waals surface area contributed by atoms with E-state index in [-0.39, 0.29) is 18.9 Å². The van der Waals surface area contributed by atoms with Crippen LogP contribution in [-0.2, 0) is 11.3 Å². The minimum atomic E-state index is -1.29. The third-order valence-corrected chi connectivity index (χ3v) is 2.44. The van der Waals surface area contributed by atoms with E-state index in [1.54, 1.807) is 0 Å². The molecule has 1 aromatic rings. The molecule has 0 amide bonds. The molecule has 76 valence electrons. The number of hydrogen-bond donors (Lipinski definition) is 1. The van der Waals surface area contributed by atoms with Crippen LogP contribution in [-0.4, -0.2) is 17.3 Å². The molecule has 14 heavy (non-hydrogen) atoms. The third kappa shape index (κ3) is 2.34. The van der Waals surface area contributed by atoms with Gasteiger partial charge in [0.15, 0.2) is 0 Å². The van der Waals surface area contributed by atoms with Crippen molar-refractivity contribution in [3.63, 3.8) is 0 Å². The number of aliphatic hydroxyl groups excluding tert-OH is 1. The van der Waals surface area contributed by atoms with E-state index < -0.39 is 12.5 Å². The number of benzene rings is 1. The fourth-order valence-electron chi connectivity index (χ4n) is 1.59. The number of rotatable bonds is 3. The SMILES string of the molecule is [2H]C1([2H])C[C@@H](O)[C@@H](OCc2ccccc2)C1. The highest BCUT2D eigenvalue weighted by atomic mass is 16.5. The zero-order valence-electron chi connectivity index (χ0n) is 10.0. The van der Waals surface area contributed by atoms with E-state index >= 15 is 0 Å². The quantitative estimate of drug-likeness (QED) is 0.798. The molecular weight excluding hydrogens is 176 g/mol. The van der Waals surface area contributed by atoms with Crippen LogP contribution in [0.25, 0.3) is 0 Å². The van der Waals surface area contributed by atoms with Crippen molar-refractivity contribution in [2.24, 2.45) is 0 Å². The summed E-state index contributed by atoms with van der Waals surface area (Å²) < 4.78 is 20.7.